The lowest BCUT2D eigenvalue weighted by atomic mass is 10.4. The molecule has 0 aromatic carbocycles. The molecule has 0 radical (unpaired) electrons. The Kier molecular flexibility index (Phi) is 9.80. The summed E-state index contributed by atoms with van der Waals surface area (Å²) in [4.78, 5) is 0. The van der Waals surface area contributed by atoms with Gasteiger partial charge in [-0.15, -0.1) is 0 Å². The summed E-state index contributed by atoms with van der Waals surface area (Å²) in [7, 11) is 0. The third-order valence-electron chi connectivity index (χ3n) is 1.45. The van der Waals surface area contributed by atoms with E-state index in [1.54, 1.807) is 0 Å². The van der Waals surface area contributed by atoms with Crippen molar-refractivity contribution in [3.8, 4) is 0 Å². The van der Waals surface area contributed by atoms with E-state index >= 15 is 0 Å². The van der Waals surface area contributed by atoms with E-state index in [0.717, 1.165) is 32.7 Å². The molecule has 0 amide bonds. The minimum atomic E-state index is 0.123. The van der Waals surface area contributed by atoms with Gasteiger partial charge in [0.05, 0.1) is 6.61 Å². The zero-order chi connectivity index (χ0) is 9.94. The molecule has 0 rings (SSSR count). The molecule has 0 heterocycles. The Balaban J connectivity index is 2.84. The Morgan fingerprint density at radius 1 is 1.08 bits per heavy atom. The van der Waals surface area contributed by atoms with Gasteiger partial charge in [0.1, 0.15) is 0 Å². The van der Waals surface area contributed by atoms with Gasteiger partial charge in [0, 0.05) is 25.9 Å². The highest BCUT2D eigenvalue weighted by Crippen LogP contribution is 1.87. The Hall–Kier alpha value is -0.160. The molecule has 1 unspecified atom stereocenters. The van der Waals surface area contributed by atoms with Crippen molar-refractivity contribution < 1.29 is 9.47 Å². The monoisotopic (exact) mass is 190 g/mol. The second-order valence-electron chi connectivity index (χ2n) is 3.16. The molecular weight excluding hydrogens is 168 g/mol. The summed E-state index contributed by atoms with van der Waals surface area (Å²) in [6.45, 7) is 5.48. The zero-order valence-corrected chi connectivity index (χ0v) is 8.50. The van der Waals surface area contributed by atoms with Gasteiger partial charge in [0.25, 0.3) is 0 Å². The number of rotatable bonds is 9. The van der Waals surface area contributed by atoms with E-state index in [1.807, 2.05) is 6.92 Å². The molecule has 0 aliphatic rings. The zero-order valence-electron chi connectivity index (χ0n) is 8.50. The second-order valence-corrected chi connectivity index (χ2v) is 3.16. The maximum Gasteiger partial charge on any atom is 0.0614 e. The molecule has 0 aliphatic carbocycles. The third-order valence-corrected chi connectivity index (χ3v) is 1.45. The van der Waals surface area contributed by atoms with E-state index in [0.29, 0.717) is 13.2 Å². The van der Waals surface area contributed by atoms with Crippen molar-refractivity contribution in [3.05, 3.63) is 0 Å². The first-order valence-corrected chi connectivity index (χ1v) is 4.88. The standard InChI is InChI=1S/C9H22N2O2/c1-9(11)8-13-7-3-6-12-5-2-4-10/h9H,2-8,10-11H2,1H3. The van der Waals surface area contributed by atoms with Gasteiger partial charge in [-0.2, -0.15) is 0 Å². The van der Waals surface area contributed by atoms with E-state index in [4.69, 9.17) is 20.9 Å². The molecule has 0 saturated heterocycles. The van der Waals surface area contributed by atoms with Gasteiger partial charge < -0.3 is 20.9 Å². The molecule has 0 aromatic rings. The smallest absolute Gasteiger partial charge is 0.0614 e. The van der Waals surface area contributed by atoms with Crippen molar-refractivity contribution in [1.29, 1.82) is 0 Å². The van der Waals surface area contributed by atoms with E-state index in [1.165, 1.54) is 0 Å². The van der Waals surface area contributed by atoms with E-state index in [2.05, 4.69) is 0 Å². The quantitative estimate of drug-likeness (QED) is 0.506. The van der Waals surface area contributed by atoms with Crippen molar-refractivity contribution in [3.63, 3.8) is 0 Å². The number of nitrogens with two attached hydrogens (primary N) is 2. The molecule has 0 bridgehead atoms. The molecule has 0 aliphatic heterocycles. The van der Waals surface area contributed by atoms with Gasteiger partial charge in [-0.3, -0.25) is 0 Å². The van der Waals surface area contributed by atoms with Gasteiger partial charge in [-0.05, 0) is 26.3 Å². The first kappa shape index (κ1) is 12.8. The first-order valence-electron chi connectivity index (χ1n) is 4.88. The van der Waals surface area contributed by atoms with Crippen molar-refractivity contribution in [2.45, 2.75) is 25.8 Å². The van der Waals surface area contributed by atoms with Crippen molar-refractivity contribution in [2.24, 2.45) is 11.5 Å². The second kappa shape index (κ2) is 9.92. The summed E-state index contributed by atoms with van der Waals surface area (Å²) < 4.78 is 10.6. The average molecular weight is 190 g/mol. The molecule has 80 valence electrons. The van der Waals surface area contributed by atoms with Crippen molar-refractivity contribution >= 4 is 0 Å². The van der Waals surface area contributed by atoms with Crippen LogP contribution in [-0.4, -0.2) is 39.0 Å². The topological polar surface area (TPSA) is 70.5 Å². The molecule has 0 spiro atoms. The number of ether oxygens (including phenoxy) is 2. The van der Waals surface area contributed by atoms with Crippen LogP contribution in [0.5, 0.6) is 0 Å². The lowest BCUT2D eigenvalue weighted by molar-refractivity contribution is 0.0783. The predicted octanol–water partition coefficient (Wildman–Crippen LogP) is 0.106. The summed E-state index contributed by atoms with van der Waals surface area (Å²) in [5.41, 5.74) is 10.8. The molecule has 13 heavy (non-hydrogen) atoms. The minimum Gasteiger partial charge on any atom is -0.381 e. The molecule has 1 atom stereocenters. The highest BCUT2D eigenvalue weighted by Gasteiger charge is 1.93. The number of hydrogen-bond acceptors (Lipinski definition) is 4. The average Bonchev–Trinajstić information content (AvgIpc) is 2.09. The largest absolute Gasteiger partial charge is 0.381 e. The Morgan fingerprint density at radius 3 is 2.31 bits per heavy atom. The Bertz CT molecular complexity index is 99.6. The molecule has 0 fully saturated rings. The summed E-state index contributed by atoms with van der Waals surface area (Å²) >= 11 is 0. The van der Waals surface area contributed by atoms with Gasteiger partial charge >= 0.3 is 0 Å². The lowest BCUT2D eigenvalue weighted by Crippen LogP contribution is -2.22. The van der Waals surface area contributed by atoms with Crippen molar-refractivity contribution in [1.82, 2.24) is 0 Å². The molecule has 4 heteroatoms. The summed E-state index contributed by atoms with van der Waals surface area (Å²) in [5, 5.41) is 0. The fraction of sp³-hybridized carbons (Fsp3) is 1.00. The normalized spacial score (nSPS) is 13.2. The molecule has 0 aromatic heterocycles. The van der Waals surface area contributed by atoms with Gasteiger partial charge in [0.2, 0.25) is 0 Å². The van der Waals surface area contributed by atoms with Crippen LogP contribution >= 0.6 is 0 Å². The molecule has 4 nitrogen and oxygen atoms in total. The number of hydrogen-bond donors (Lipinski definition) is 2. The summed E-state index contributed by atoms with van der Waals surface area (Å²) in [6, 6.07) is 0.123. The fourth-order valence-electron chi connectivity index (χ4n) is 0.820. The fourth-order valence-corrected chi connectivity index (χ4v) is 0.820. The van der Waals surface area contributed by atoms with Crippen LogP contribution in [0.15, 0.2) is 0 Å². The van der Waals surface area contributed by atoms with Crippen LogP contribution in [0.3, 0.4) is 0 Å². The molecule has 4 N–H and O–H groups in total. The SMILES string of the molecule is CC(N)COCCCOCCCN. The van der Waals surface area contributed by atoms with E-state index in [-0.39, 0.29) is 6.04 Å². The van der Waals surface area contributed by atoms with Crippen LogP contribution in [-0.2, 0) is 9.47 Å². The van der Waals surface area contributed by atoms with Crippen LogP contribution in [0, 0.1) is 0 Å². The molecular formula is C9H22N2O2. The maximum atomic E-state index is 5.50. The Morgan fingerprint density at radius 2 is 1.69 bits per heavy atom. The summed E-state index contributed by atoms with van der Waals surface area (Å²) in [6.07, 6.45) is 1.86. The van der Waals surface area contributed by atoms with Crippen molar-refractivity contribution in [2.75, 3.05) is 33.0 Å². The van der Waals surface area contributed by atoms with Gasteiger partial charge in [-0.25, -0.2) is 0 Å². The highest BCUT2D eigenvalue weighted by atomic mass is 16.5. The summed E-state index contributed by atoms with van der Waals surface area (Å²) in [5.74, 6) is 0. The first-order chi connectivity index (χ1) is 6.27. The van der Waals surface area contributed by atoms with Crippen LogP contribution < -0.4 is 11.5 Å². The molecule has 0 saturated carbocycles. The van der Waals surface area contributed by atoms with Crippen LogP contribution in [0.2, 0.25) is 0 Å². The van der Waals surface area contributed by atoms with Crippen LogP contribution in [0.1, 0.15) is 19.8 Å². The minimum absolute atomic E-state index is 0.123. The predicted molar refractivity (Wildman–Crippen MR) is 53.6 cm³/mol. The maximum absolute atomic E-state index is 5.50. The van der Waals surface area contributed by atoms with Crippen LogP contribution in [0.25, 0.3) is 0 Å². The van der Waals surface area contributed by atoms with E-state index < -0.39 is 0 Å². The lowest BCUT2D eigenvalue weighted by Gasteiger charge is -2.06. The highest BCUT2D eigenvalue weighted by molar-refractivity contribution is 4.48. The Labute approximate surface area is 80.6 Å². The van der Waals surface area contributed by atoms with Gasteiger partial charge in [0.15, 0.2) is 0 Å². The van der Waals surface area contributed by atoms with E-state index in [9.17, 15) is 0 Å². The third kappa shape index (κ3) is 11.8. The van der Waals surface area contributed by atoms with Crippen LogP contribution in [0.4, 0.5) is 0 Å². The van der Waals surface area contributed by atoms with Gasteiger partial charge in [-0.1, -0.05) is 0 Å².